The third-order valence-corrected chi connectivity index (χ3v) is 4.19. The zero-order chi connectivity index (χ0) is 16.4. The molecule has 0 saturated carbocycles. The number of pyridine rings is 1. The van der Waals surface area contributed by atoms with Crippen molar-refractivity contribution in [2.24, 2.45) is 0 Å². The molecule has 0 N–H and O–H groups in total. The molecule has 2 atom stereocenters. The topological polar surface area (TPSA) is 51.7 Å². The van der Waals surface area contributed by atoms with E-state index < -0.39 is 0 Å². The van der Waals surface area contributed by atoms with Crippen LogP contribution in [0.15, 0.2) is 30.5 Å². The van der Waals surface area contributed by atoms with Crippen molar-refractivity contribution in [1.29, 1.82) is 0 Å². The summed E-state index contributed by atoms with van der Waals surface area (Å²) in [4.78, 5) is 18.9. The van der Waals surface area contributed by atoms with Crippen molar-refractivity contribution in [1.82, 2.24) is 4.98 Å². The van der Waals surface area contributed by atoms with Gasteiger partial charge in [0.2, 0.25) is 0 Å². The van der Waals surface area contributed by atoms with Crippen LogP contribution in [-0.2, 0) is 9.47 Å². The summed E-state index contributed by atoms with van der Waals surface area (Å²) in [5, 5.41) is 0.828. The number of carbonyl (C=O) groups is 1. The van der Waals surface area contributed by atoms with Crippen LogP contribution in [0.2, 0.25) is 0 Å². The molecule has 1 aromatic heterocycles. The summed E-state index contributed by atoms with van der Waals surface area (Å²) in [6.45, 7) is 7.88. The van der Waals surface area contributed by atoms with Crippen LogP contribution in [0.25, 0.3) is 10.9 Å². The van der Waals surface area contributed by atoms with Crippen LogP contribution in [0.3, 0.4) is 0 Å². The number of anilines is 1. The molecule has 1 fully saturated rings. The van der Waals surface area contributed by atoms with Crippen LogP contribution in [0.5, 0.6) is 0 Å². The van der Waals surface area contributed by atoms with Crippen molar-refractivity contribution in [3.05, 3.63) is 36.0 Å². The highest BCUT2D eigenvalue weighted by Gasteiger charge is 2.26. The van der Waals surface area contributed by atoms with Gasteiger partial charge in [0.25, 0.3) is 0 Å². The Balaban J connectivity index is 2.06. The fourth-order valence-corrected chi connectivity index (χ4v) is 3.19. The number of aromatic nitrogens is 1. The van der Waals surface area contributed by atoms with Gasteiger partial charge < -0.3 is 14.4 Å². The Hall–Kier alpha value is -2.14. The molecule has 0 radical (unpaired) electrons. The standard InChI is InChI=1S/C18H22N2O3/c1-4-23-18(21)15-7-8-19-17-6-5-14(9-16(15)17)20-12(2)10-22-11-13(20)3/h5-9,12-13H,4,10-11H2,1-3H3. The lowest BCUT2D eigenvalue weighted by Crippen LogP contribution is -2.49. The van der Waals surface area contributed by atoms with E-state index in [1.54, 1.807) is 12.3 Å². The number of rotatable bonds is 3. The first-order valence-electron chi connectivity index (χ1n) is 8.03. The fraction of sp³-hybridized carbons (Fsp3) is 0.444. The van der Waals surface area contributed by atoms with Crippen LogP contribution in [0.4, 0.5) is 5.69 Å². The van der Waals surface area contributed by atoms with Crippen molar-refractivity contribution in [3.63, 3.8) is 0 Å². The highest BCUT2D eigenvalue weighted by atomic mass is 16.5. The Labute approximate surface area is 136 Å². The van der Waals surface area contributed by atoms with E-state index in [4.69, 9.17) is 9.47 Å². The van der Waals surface area contributed by atoms with E-state index in [0.717, 1.165) is 16.6 Å². The minimum Gasteiger partial charge on any atom is -0.462 e. The fourth-order valence-electron chi connectivity index (χ4n) is 3.19. The Morgan fingerprint density at radius 3 is 2.74 bits per heavy atom. The van der Waals surface area contributed by atoms with Crippen molar-refractivity contribution in [2.45, 2.75) is 32.9 Å². The van der Waals surface area contributed by atoms with Gasteiger partial charge in [-0.05, 0) is 45.0 Å². The maximum absolute atomic E-state index is 12.2. The van der Waals surface area contributed by atoms with E-state index in [-0.39, 0.29) is 5.97 Å². The van der Waals surface area contributed by atoms with Gasteiger partial charge >= 0.3 is 5.97 Å². The number of fused-ring (bicyclic) bond motifs is 1. The third-order valence-electron chi connectivity index (χ3n) is 4.19. The number of esters is 1. The average Bonchev–Trinajstić information content (AvgIpc) is 2.54. The van der Waals surface area contributed by atoms with Crippen LogP contribution in [0.1, 0.15) is 31.1 Å². The molecule has 2 aromatic rings. The lowest BCUT2D eigenvalue weighted by molar-refractivity contribution is 0.0528. The SMILES string of the molecule is CCOC(=O)c1ccnc2ccc(N3C(C)COCC3C)cc12. The molecule has 1 saturated heterocycles. The van der Waals surface area contributed by atoms with Gasteiger partial charge in [-0.25, -0.2) is 4.79 Å². The molecule has 1 aliphatic heterocycles. The smallest absolute Gasteiger partial charge is 0.338 e. The summed E-state index contributed by atoms with van der Waals surface area (Å²) in [5.74, 6) is -0.305. The molecule has 0 aliphatic carbocycles. The van der Waals surface area contributed by atoms with Crippen LogP contribution in [0, 0.1) is 0 Å². The first-order valence-corrected chi connectivity index (χ1v) is 8.03. The Bertz CT molecular complexity index is 706. The molecule has 0 spiro atoms. The molecule has 1 aromatic carbocycles. The van der Waals surface area contributed by atoms with Gasteiger partial charge in [0.05, 0.1) is 30.9 Å². The monoisotopic (exact) mass is 314 g/mol. The molecule has 2 unspecified atom stereocenters. The van der Waals surface area contributed by atoms with E-state index >= 15 is 0 Å². The van der Waals surface area contributed by atoms with Crippen molar-refractivity contribution in [2.75, 3.05) is 24.7 Å². The van der Waals surface area contributed by atoms with Gasteiger partial charge in [-0.15, -0.1) is 0 Å². The number of morpholine rings is 1. The number of carbonyl (C=O) groups excluding carboxylic acids is 1. The summed E-state index contributed by atoms with van der Waals surface area (Å²) < 4.78 is 10.8. The summed E-state index contributed by atoms with van der Waals surface area (Å²) in [7, 11) is 0. The molecule has 2 heterocycles. The number of hydrogen-bond acceptors (Lipinski definition) is 5. The highest BCUT2D eigenvalue weighted by Crippen LogP contribution is 2.28. The minimum absolute atomic E-state index is 0.291. The summed E-state index contributed by atoms with van der Waals surface area (Å²) in [6.07, 6.45) is 1.65. The van der Waals surface area contributed by atoms with Gasteiger partial charge in [-0.3, -0.25) is 4.98 Å². The molecule has 23 heavy (non-hydrogen) atoms. The maximum Gasteiger partial charge on any atom is 0.338 e. The van der Waals surface area contributed by atoms with E-state index in [1.807, 2.05) is 19.1 Å². The third kappa shape index (κ3) is 3.01. The number of benzene rings is 1. The molecule has 3 rings (SSSR count). The predicted molar refractivity (Wildman–Crippen MR) is 89.9 cm³/mol. The van der Waals surface area contributed by atoms with Gasteiger partial charge in [-0.2, -0.15) is 0 Å². The lowest BCUT2D eigenvalue weighted by atomic mass is 10.1. The second-order valence-electron chi connectivity index (χ2n) is 5.92. The largest absolute Gasteiger partial charge is 0.462 e. The first kappa shape index (κ1) is 15.7. The molecule has 0 amide bonds. The number of hydrogen-bond donors (Lipinski definition) is 0. The Morgan fingerprint density at radius 1 is 1.30 bits per heavy atom. The van der Waals surface area contributed by atoms with E-state index in [0.29, 0.717) is 37.5 Å². The molecular weight excluding hydrogens is 292 g/mol. The predicted octanol–water partition coefficient (Wildman–Crippen LogP) is 3.03. The zero-order valence-corrected chi connectivity index (χ0v) is 13.8. The molecule has 122 valence electrons. The van der Waals surface area contributed by atoms with E-state index in [2.05, 4.69) is 29.8 Å². The van der Waals surface area contributed by atoms with Crippen molar-refractivity contribution >= 4 is 22.6 Å². The maximum atomic E-state index is 12.2. The quantitative estimate of drug-likeness (QED) is 0.815. The average molecular weight is 314 g/mol. The van der Waals surface area contributed by atoms with Crippen LogP contribution >= 0.6 is 0 Å². The number of ether oxygens (including phenoxy) is 2. The number of nitrogens with zero attached hydrogens (tertiary/aromatic N) is 2. The molecule has 1 aliphatic rings. The van der Waals surface area contributed by atoms with Crippen LogP contribution in [-0.4, -0.2) is 42.9 Å². The summed E-state index contributed by atoms with van der Waals surface area (Å²) in [5.41, 5.74) is 2.44. The molecule has 5 heteroatoms. The van der Waals surface area contributed by atoms with E-state index in [9.17, 15) is 4.79 Å². The zero-order valence-electron chi connectivity index (χ0n) is 13.8. The van der Waals surface area contributed by atoms with Gasteiger partial charge in [0, 0.05) is 29.4 Å². The summed E-state index contributed by atoms with van der Waals surface area (Å²) in [6, 6.07) is 8.35. The van der Waals surface area contributed by atoms with E-state index in [1.165, 1.54) is 0 Å². The minimum atomic E-state index is -0.305. The van der Waals surface area contributed by atoms with Gasteiger partial charge in [0.1, 0.15) is 0 Å². The lowest BCUT2D eigenvalue weighted by Gasteiger charge is -2.40. The molecule has 5 nitrogen and oxygen atoms in total. The second-order valence-corrected chi connectivity index (χ2v) is 5.92. The molecular formula is C18H22N2O3. The first-order chi connectivity index (χ1) is 11.1. The Kier molecular flexibility index (Phi) is 4.48. The van der Waals surface area contributed by atoms with Crippen molar-refractivity contribution in [3.8, 4) is 0 Å². The Morgan fingerprint density at radius 2 is 2.04 bits per heavy atom. The van der Waals surface area contributed by atoms with Gasteiger partial charge in [0.15, 0.2) is 0 Å². The summed E-state index contributed by atoms with van der Waals surface area (Å²) >= 11 is 0. The molecule has 0 bridgehead atoms. The normalized spacial score (nSPS) is 21.4. The van der Waals surface area contributed by atoms with Crippen LogP contribution < -0.4 is 4.90 Å². The second kappa shape index (κ2) is 6.54. The van der Waals surface area contributed by atoms with Gasteiger partial charge in [-0.1, -0.05) is 0 Å². The highest BCUT2D eigenvalue weighted by molar-refractivity contribution is 6.04. The van der Waals surface area contributed by atoms with Crippen molar-refractivity contribution < 1.29 is 14.3 Å².